The van der Waals surface area contributed by atoms with E-state index in [2.05, 4.69) is 0 Å². The summed E-state index contributed by atoms with van der Waals surface area (Å²) in [5, 5.41) is 0. The molecule has 2 heteroatoms. The summed E-state index contributed by atoms with van der Waals surface area (Å²) in [4.78, 5) is 10.7. The molecule has 2 nitrogen and oxygen atoms in total. The van der Waals surface area contributed by atoms with Crippen LogP contribution in [-0.4, -0.2) is 18.5 Å². The first-order valence-electron chi connectivity index (χ1n) is 6.83. The van der Waals surface area contributed by atoms with Crippen LogP contribution in [0.3, 0.4) is 0 Å². The summed E-state index contributed by atoms with van der Waals surface area (Å²) >= 11 is 0. The van der Waals surface area contributed by atoms with Crippen LogP contribution in [0, 0.1) is 11.8 Å². The first-order valence-corrected chi connectivity index (χ1v) is 6.83. The Labute approximate surface area is 98.7 Å². The number of carbonyl (C=O) groups is 1. The van der Waals surface area contributed by atoms with Gasteiger partial charge in [-0.25, -0.2) is 0 Å². The van der Waals surface area contributed by atoms with E-state index in [0.29, 0.717) is 5.92 Å². The van der Waals surface area contributed by atoms with Gasteiger partial charge in [-0.1, -0.05) is 26.2 Å². The Kier molecular flexibility index (Phi) is 4.01. The third-order valence-corrected chi connectivity index (χ3v) is 4.30. The van der Waals surface area contributed by atoms with E-state index in [4.69, 9.17) is 4.74 Å². The van der Waals surface area contributed by atoms with Crippen LogP contribution in [0.2, 0.25) is 0 Å². The van der Waals surface area contributed by atoms with Gasteiger partial charge in [0, 0.05) is 12.5 Å². The minimum absolute atomic E-state index is 0.198. The standard InChI is InChI=1S/C14H24O2/c1-12(11-15)9-13-5-8-16-14(10-13)6-3-2-4-7-14/h11-13H,2-10H2,1H3. The lowest BCUT2D eigenvalue weighted by Crippen LogP contribution is -2.41. The summed E-state index contributed by atoms with van der Waals surface area (Å²) in [5.41, 5.74) is 0.198. The molecule has 92 valence electrons. The van der Waals surface area contributed by atoms with Crippen molar-refractivity contribution in [3.63, 3.8) is 0 Å². The number of carbonyl (C=O) groups excluding carboxylic acids is 1. The van der Waals surface area contributed by atoms with Gasteiger partial charge in [-0.05, 0) is 38.0 Å². The van der Waals surface area contributed by atoms with Gasteiger partial charge in [-0.3, -0.25) is 0 Å². The molecule has 2 aliphatic rings. The van der Waals surface area contributed by atoms with E-state index in [9.17, 15) is 4.79 Å². The van der Waals surface area contributed by atoms with Crippen LogP contribution in [0.15, 0.2) is 0 Å². The van der Waals surface area contributed by atoms with Crippen molar-refractivity contribution < 1.29 is 9.53 Å². The average Bonchev–Trinajstić information content (AvgIpc) is 2.30. The largest absolute Gasteiger partial charge is 0.375 e. The highest BCUT2D eigenvalue weighted by atomic mass is 16.5. The van der Waals surface area contributed by atoms with Crippen LogP contribution >= 0.6 is 0 Å². The normalized spacial score (nSPS) is 31.2. The lowest BCUT2D eigenvalue weighted by atomic mass is 9.74. The zero-order valence-electron chi connectivity index (χ0n) is 10.4. The summed E-state index contributed by atoms with van der Waals surface area (Å²) in [6, 6.07) is 0. The van der Waals surface area contributed by atoms with Gasteiger partial charge in [-0.2, -0.15) is 0 Å². The molecule has 2 unspecified atom stereocenters. The second-order valence-corrected chi connectivity index (χ2v) is 5.80. The van der Waals surface area contributed by atoms with Crippen LogP contribution in [0.4, 0.5) is 0 Å². The zero-order chi connectivity index (χ0) is 11.4. The number of hydrogen-bond donors (Lipinski definition) is 0. The fourth-order valence-electron chi connectivity index (χ4n) is 3.46. The lowest BCUT2D eigenvalue weighted by molar-refractivity contribution is -0.123. The van der Waals surface area contributed by atoms with Crippen LogP contribution in [0.25, 0.3) is 0 Å². The molecule has 0 aromatic carbocycles. The Morgan fingerprint density at radius 1 is 1.38 bits per heavy atom. The Bertz CT molecular complexity index is 225. The highest BCUT2D eigenvalue weighted by Gasteiger charge is 2.38. The van der Waals surface area contributed by atoms with E-state index in [1.807, 2.05) is 6.92 Å². The van der Waals surface area contributed by atoms with Crippen LogP contribution in [0.5, 0.6) is 0 Å². The first kappa shape index (κ1) is 12.1. The number of rotatable bonds is 3. The van der Waals surface area contributed by atoms with Crippen molar-refractivity contribution in [2.75, 3.05) is 6.61 Å². The minimum atomic E-state index is 0.198. The van der Waals surface area contributed by atoms with E-state index in [1.165, 1.54) is 38.5 Å². The molecule has 0 amide bonds. The summed E-state index contributed by atoms with van der Waals surface area (Å²) < 4.78 is 6.06. The predicted molar refractivity (Wildman–Crippen MR) is 64.3 cm³/mol. The van der Waals surface area contributed by atoms with Crippen molar-refractivity contribution in [3.05, 3.63) is 0 Å². The quantitative estimate of drug-likeness (QED) is 0.687. The molecule has 1 heterocycles. The molecule has 0 radical (unpaired) electrons. The van der Waals surface area contributed by atoms with Crippen LogP contribution in [0.1, 0.15) is 58.3 Å². The number of aldehydes is 1. The summed E-state index contributed by atoms with van der Waals surface area (Å²) in [6.45, 7) is 2.95. The second kappa shape index (κ2) is 5.31. The van der Waals surface area contributed by atoms with Gasteiger partial charge >= 0.3 is 0 Å². The topological polar surface area (TPSA) is 26.3 Å². The summed E-state index contributed by atoms with van der Waals surface area (Å²) in [7, 11) is 0. The third kappa shape index (κ3) is 2.85. The van der Waals surface area contributed by atoms with Gasteiger partial charge in [0.25, 0.3) is 0 Å². The third-order valence-electron chi connectivity index (χ3n) is 4.30. The van der Waals surface area contributed by atoms with Gasteiger partial charge in [0.05, 0.1) is 5.60 Å². The maximum Gasteiger partial charge on any atom is 0.122 e. The molecule has 0 aromatic rings. The number of hydrogen-bond acceptors (Lipinski definition) is 2. The SMILES string of the molecule is CC(C=O)CC1CCOC2(CCCCC2)C1. The van der Waals surface area contributed by atoms with Gasteiger partial charge in [-0.15, -0.1) is 0 Å². The minimum Gasteiger partial charge on any atom is -0.375 e. The fraction of sp³-hybridized carbons (Fsp3) is 0.929. The molecule has 1 saturated carbocycles. The van der Waals surface area contributed by atoms with Gasteiger partial charge in [0.2, 0.25) is 0 Å². The monoisotopic (exact) mass is 224 g/mol. The molecule has 1 aliphatic carbocycles. The number of ether oxygens (including phenoxy) is 1. The molecule has 0 N–H and O–H groups in total. The van der Waals surface area contributed by atoms with Crippen molar-refractivity contribution in [2.45, 2.75) is 63.9 Å². The van der Waals surface area contributed by atoms with E-state index in [1.54, 1.807) is 0 Å². The predicted octanol–water partition coefficient (Wildman–Crippen LogP) is 3.34. The van der Waals surface area contributed by atoms with Crippen molar-refractivity contribution in [3.8, 4) is 0 Å². The van der Waals surface area contributed by atoms with Crippen molar-refractivity contribution >= 4 is 6.29 Å². The molecule has 16 heavy (non-hydrogen) atoms. The molecule has 2 fully saturated rings. The molecule has 0 aromatic heterocycles. The molecular formula is C14H24O2. The van der Waals surface area contributed by atoms with Gasteiger partial charge in [0.1, 0.15) is 6.29 Å². The van der Waals surface area contributed by atoms with Crippen molar-refractivity contribution in [1.82, 2.24) is 0 Å². The molecule has 1 spiro atoms. The van der Waals surface area contributed by atoms with Gasteiger partial charge in [0.15, 0.2) is 0 Å². The maximum absolute atomic E-state index is 10.7. The van der Waals surface area contributed by atoms with Crippen molar-refractivity contribution in [1.29, 1.82) is 0 Å². The molecule has 2 rings (SSSR count). The van der Waals surface area contributed by atoms with Crippen LogP contribution in [-0.2, 0) is 9.53 Å². The van der Waals surface area contributed by atoms with E-state index in [0.717, 1.165) is 25.7 Å². The fourth-order valence-corrected chi connectivity index (χ4v) is 3.46. The first-order chi connectivity index (χ1) is 7.74. The molecule has 2 atom stereocenters. The highest BCUT2D eigenvalue weighted by Crippen LogP contribution is 2.42. The van der Waals surface area contributed by atoms with E-state index in [-0.39, 0.29) is 11.5 Å². The molecule has 1 saturated heterocycles. The van der Waals surface area contributed by atoms with E-state index < -0.39 is 0 Å². The highest BCUT2D eigenvalue weighted by molar-refractivity contribution is 5.52. The summed E-state index contributed by atoms with van der Waals surface area (Å²) in [5.74, 6) is 0.941. The zero-order valence-corrected chi connectivity index (χ0v) is 10.4. The maximum atomic E-state index is 10.7. The Balaban J connectivity index is 1.90. The lowest BCUT2D eigenvalue weighted by Gasteiger charge is -2.44. The Morgan fingerprint density at radius 3 is 2.81 bits per heavy atom. The van der Waals surface area contributed by atoms with Crippen molar-refractivity contribution in [2.24, 2.45) is 11.8 Å². The molecule has 1 aliphatic heterocycles. The average molecular weight is 224 g/mol. The smallest absolute Gasteiger partial charge is 0.122 e. The van der Waals surface area contributed by atoms with Gasteiger partial charge < -0.3 is 9.53 Å². The Hall–Kier alpha value is -0.370. The second-order valence-electron chi connectivity index (χ2n) is 5.80. The molecular weight excluding hydrogens is 200 g/mol. The van der Waals surface area contributed by atoms with Crippen LogP contribution < -0.4 is 0 Å². The molecule has 0 bridgehead atoms. The van der Waals surface area contributed by atoms with E-state index >= 15 is 0 Å². The Morgan fingerprint density at radius 2 is 2.12 bits per heavy atom. The summed E-state index contributed by atoms with van der Waals surface area (Å²) in [6.07, 6.45) is 11.0.